The molecule has 0 saturated heterocycles. The molecule has 0 atom stereocenters. The van der Waals surface area contributed by atoms with E-state index in [1.165, 1.54) is 16.7 Å². The first kappa shape index (κ1) is 28.5. The number of benzene rings is 3. The minimum Gasteiger partial charge on any atom is -0.392 e. The lowest BCUT2D eigenvalue weighted by atomic mass is 9.98. The third kappa shape index (κ3) is 12.1. The summed E-state index contributed by atoms with van der Waals surface area (Å²) in [6, 6.07) is 29.0. The van der Waals surface area contributed by atoms with Gasteiger partial charge in [-0.25, -0.2) is 0 Å². The first-order valence-electron chi connectivity index (χ1n) is 10.8. The van der Waals surface area contributed by atoms with Crippen LogP contribution in [0.3, 0.4) is 0 Å². The van der Waals surface area contributed by atoms with Crippen molar-refractivity contribution in [3.8, 4) is 0 Å². The molecule has 0 radical (unpaired) electrons. The Morgan fingerprint density at radius 1 is 0.516 bits per heavy atom. The predicted octanol–water partition coefficient (Wildman–Crippen LogP) is 7.94. The Morgan fingerprint density at radius 2 is 0.871 bits per heavy atom. The molecule has 0 saturated carbocycles. The van der Waals surface area contributed by atoms with E-state index in [1.807, 2.05) is 30.3 Å². The lowest BCUT2D eigenvalue weighted by Gasteiger charge is -2.09. The molecule has 0 aliphatic rings. The molecule has 3 aromatic rings. The lowest BCUT2D eigenvalue weighted by molar-refractivity contribution is -0.176. The Hall–Kier alpha value is -2.46. The van der Waals surface area contributed by atoms with E-state index in [-0.39, 0.29) is 6.61 Å². The van der Waals surface area contributed by atoms with Gasteiger partial charge in [0.2, 0.25) is 0 Å². The van der Waals surface area contributed by atoms with Crippen molar-refractivity contribution < 1.29 is 15.6 Å². The van der Waals surface area contributed by atoms with Gasteiger partial charge in [0.25, 0.3) is 0 Å². The van der Waals surface area contributed by atoms with E-state index in [1.54, 1.807) is 0 Å². The fourth-order valence-corrected chi connectivity index (χ4v) is 2.92. The van der Waals surface area contributed by atoms with Crippen molar-refractivity contribution in [2.45, 2.75) is 65.9 Å². The molecule has 3 heteroatoms. The van der Waals surface area contributed by atoms with Crippen molar-refractivity contribution in [1.29, 1.82) is 0 Å². The van der Waals surface area contributed by atoms with Crippen LogP contribution in [-0.4, -0.2) is 15.6 Å². The molecule has 0 spiro atoms. The third-order valence-corrected chi connectivity index (χ3v) is 4.78. The third-order valence-electron chi connectivity index (χ3n) is 4.78. The highest BCUT2D eigenvalue weighted by atomic mass is 17.0. The summed E-state index contributed by atoms with van der Waals surface area (Å²) >= 11 is 0. The Morgan fingerprint density at radius 3 is 1.13 bits per heavy atom. The summed E-state index contributed by atoms with van der Waals surface area (Å²) in [5, 5.41) is 21.0. The molecule has 3 rings (SSSR count). The fraction of sp³-hybridized carbons (Fsp3) is 0.357. The summed E-state index contributed by atoms with van der Waals surface area (Å²) in [4.78, 5) is 0. The standard InChI is InChI=1S/C10H14O.2C9H12.H2O2/c1-8(2)10-6-4-3-5-9(10)7-11;2*1-8(2)9-6-4-3-5-7-9;1-2/h3-6,8,11H,7H2,1-2H3;2*3-8H,1-2H3;1-2H. The van der Waals surface area contributed by atoms with E-state index in [2.05, 4.69) is 96.1 Å². The van der Waals surface area contributed by atoms with Gasteiger partial charge in [-0.05, 0) is 40.0 Å². The molecule has 3 N–H and O–H groups in total. The number of hydrogen-bond donors (Lipinski definition) is 3. The molecule has 3 aromatic carbocycles. The van der Waals surface area contributed by atoms with Gasteiger partial charge in [0, 0.05) is 0 Å². The highest BCUT2D eigenvalue weighted by Gasteiger charge is 2.03. The molecule has 0 heterocycles. The highest BCUT2D eigenvalue weighted by Crippen LogP contribution is 2.18. The number of aliphatic hydroxyl groups is 1. The van der Waals surface area contributed by atoms with Crippen molar-refractivity contribution >= 4 is 0 Å². The maximum Gasteiger partial charge on any atom is 0.0684 e. The molecule has 0 amide bonds. The van der Waals surface area contributed by atoms with Gasteiger partial charge in [-0.2, -0.15) is 0 Å². The molecule has 3 nitrogen and oxygen atoms in total. The number of hydrogen-bond acceptors (Lipinski definition) is 3. The van der Waals surface area contributed by atoms with E-state index < -0.39 is 0 Å². The maximum atomic E-state index is 8.97. The average Bonchev–Trinajstić information content (AvgIpc) is 2.82. The zero-order valence-electron chi connectivity index (χ0n) is 19.9. The van der Waals surface area contributed by atoms with Gasteiger partial charge in [-0.3, -0.25) is 10.5 Å². The van der Waals surface area contributed by atoms with Crippen LogP contribution in [0.2, 0.25) is 0 Å². The molecule has 170 valence electrons. The van der Waals surface area contributed by atoms with Crippen LogP contribution in [0, 0.1) is 0 Å². The summed E-state index contributed by atoms with van der Waals surface area (Å²) in [7, 11) is 0. The van der Waals surface area contributed by atoms with Crippen LogP contribution in [0.4, 0.5) is 0 Å². The van der Waals surface area contributed by atoms with Crippen LogP contribution in [0.25, 0.3) is 0 Å². The Bertz CT molecular complexity index is 738. The van der Waals surface area contributed by atoms with Crippen molar-refractivity contribution in [2.75, 3.05) is 0 Å². The molecule has 31 heavy (non-hydrogen) atoms. The quantitative estimate of drug-likeness (QED) is 0.294. The minimum atomic E-state index is 0.147. The van der Waals surface area contributed by atoms with Crippen molar-refractivity contribution in [2.24, 2.45) is 0 Å². The molecular formula is C28H40O3. The van der Waals surface area contributed by atoms with E-state index in [0.29, 0.717) is 17.8 Å². The fourth-order valence-electron chi connectivity index (χ4n) is 2.92. The number of rotatable bonds is 4. The predicted molar refractivity (Wildman–Crippen MR) is 133 cm³/mol. The van der Waals surface area contributed by atoms with Gasteiger partial charge in [-0.1, -0.05) is 126 Å². The van der Waals surface area contributed by atoms with E-state index in [4.69, 9.17) is 15.6 Å². The summed E-state index contributed by atoms with van der Waals surface area (Å²) in [6.07, 6.45) is 0. The zero-order chi connectivity index (χ0) is 23.6. The highest BCUT2D eigenvalue weighted by molar-refractivity contribution is 5.28. The maximum absolute atomic E-state index is 8.97. The Balaban J connectivity index is 0.000000421. The molecule has 0 aliphatic carbocycles. The SMILES string of the molecule is CC(C)c1ccccc1.CC(C)c1ccccc1.CC(C)c1ccccc1CO.OO. The lowest BCUT2D eigenvalue weighted by Crippen LogP contribution is -1.94. The van der Waals surface area contributed by atoms with E-state index >= 15 is 0 Å². The van der Waals surface area contributed by atoms with Gasteiger partial charge in [0.15, 0.2) is 0 Å². The second kappa shape index (κ2) is 17.2. The summed E-state index contributed by atoms with van der Waals surface area (Å²) in [5.74, 6) is 1.82. The summed E-state index contributed by atoms with van der Waals surface area (Å²) in [6.45, 7) is 13.2. The molecule has 0 aliphatic heterocycles. The normalized spacial score (nSPS) is 9.81. The average molecular weight is 425 g/mol. The van der Waals surface area contributed by atoms with Crippen molar-refractivity contribution in [3.05, 3.63) is 107 Å². The van der Waals surface area contributed by atoms with Crippen LogP contribution in [0.5, 0.6) is 0 Å². The van der Waals surface area contributed by atoms with Crippen LogP contribution in [0.15, 0.2) is 84.9 Å². The van der Waals surface area contributed by atoms with E-state index in [9.17, 15) is 0 Å². The van der Waals surface area contributed by atoms with Crippen LogP contribution in [0.1, 0.15) is 81.5 Å². The monoisotopic (exact) mass is 424 g/mol. The molecule has 0 bridgehead atoms. The Kier molecular flexibility index (Phi) is 15.9. The summed E-state index contributed by atoms with van der Waals surface area (Å²) < 4.78 is 0. The van der Waals surface area contributed by atoms with Gasteiger partial charge in [-0.15, -0.1) is 0 Å². The van der Waals surface area contributed by atoms with Crippen molar-refractivity contribution in [1.82, 2.24) is 0 Å². The number of aliphatic hydroxyl groups excluding tert-OH is 1. The van der Waals surface area contributed by atoms with Crippen LogP contribution < -0.4 is 0 Å². The van der Waals surface area contributed by atoms with Gasteiger partial charge in [0.1, 0.15) is 0 Å². The van der Waals surface area contributed by atoms with E-state index in [0.717, 1.165) is 5.56 Å². The minimum absolute atomic E-state index is 0.147. The van der Waals surface area contributed by atoms with Gasteiger partial charge in [0.05, 0.1) is 6.61 Å². The van der Waals surface area contributed by atoms with Crippen molar-refractivity contribution in [3.63, 3.8) is 0 Å². The smallest absolute Gasteiger partial charge is 0.0684 e. The molecular weight excluding hydrogens is 384 g/mol. The van der Waals surface area contributed by atoms with Gasteiger partial charge < -0.3 is 5.11 Å². The molecule has 0 unspecified atom stereocenters. The van der Waals surface area contributed by atoms with Crippen LogP contribution >= 0.6 is 0 Å². The first-order valence-corrected chi connectivity index (χ1v) is 10.8. The second-order valence-corrected chi connectivity index (χ2v) is 8.14. The molecule has 0 fully saturated rings. The summed E-state index contributed by atoms with van der Waals surface area (Å²) in [5.41, 5.74) is 5.12. The van der Waals surface area contributed by atoms with Crippen LogP contribution in [-0.2, 0) is 6.61 Å². The zero-order valence-corrected chi connectivity index (χ0v) is 19.9. The van der Waals surface area contributed by atoms with Gasteiger partial charge >= 0.3 is 0 Å². The molecule has 0 aromatic heterocycles. The largest absolute Gasteiger partial charge is 0.392 e. The topological polar surface area (TPSA) is 60.7 Å². The Labute approximate surface area is 189 Å². The second-order valence-electron chi connectivity index (χ2n) is 8.14. The first-order chi connectivity index (χ1) is 14.9.